The summed E-state index contributed by atoms with van der Waals surface area (Å²) in [5.74, 6) is -1.18. The molecular weight excluding hydrogens is 414 g/mol. The Morgan fingerprint density at radius 1 is 1.06 bits per heavy atom. The number of carbonyl (C=O) groups excluding carboxylic acids is 2. The van der Waals surface area contributed by atoms with E-state index in [2.05, 4.69) is 5.32 Å². The van der Waals surface area contributed by atoms with Gasteiger partial charge in [0.25, 0.3) is 0 Å². The van der Waals surface area contributed by atoms with Crippen LogP contribution in [-0.2, 0) is 16.0 Å². The van der Waals surface area contributed by atoms with Gasteiger partial charge in [-0.1, -0.05) is 24.3 Å². The first-order valence-corrected chi connectivity index (χ1v) is 10.9. The topological polar surface area (TPSA) is 58.6 Å². The van der Waals surface area contributed by atoms with Crippen molar-refractivity contribution in [1.82, 2.24) is 10.2 Å². The van der Waals surface area contributed by atoms with E-state index in [4.69, 9.17) is 4.74 Å². The van der Waals surface area contributed by atoms with Crippen LogP contribution >= 0.6 is 0 Å². The molecule has 0 radical (unpaired) electrons. The van der Waals surface area contributed by atoms with E-state index in [1.807, 2.05) is 20.8 Å². The van der Waals surface area contributed by atoms with Crippen LogP contribution in [-0.4, -0.2) is 35.6 Å². The minimum absolute atomic E-state index is 0.153. The number of likely N-dealkylation sites (tertiary alicyclic amines) is 1. The van der Waals surface area contributed by atoms with Crippen LogP contribution in [0.2, 0.25) is 0 Å². The maximum absolute atomic E-state index is 13.8. The molecule has 172 valence electrons. The summed E-state index contributed by atoms with van der Waals surface area (Å²) in [6.45, 7) is 6.31. The fourth-order valence-electron chi connectivity index (χ4n) is 3.82. The SMILES string of the molecule is CC(C)(C)OC(=O)N1CCC(C(=O)N[C@@H](Cc2cccc(F)c2)c2cccc(F)c2)CC1. The maximum Gasteiger partial charge on any atom is 0.410 e. The van der Waals surface area contributed by atoms with E-state index >= 15 is 0 Å². The van der Waals surface area contributed by atoms with Gasteiger partial charge >= 0.3 is 6.09 Å². The summed E-state index contributed by atoms with van der Waals surface area (Å²) in [5, 5.41) is 3.02. The number of halogens is 2. The lowest BCUT2D eigenvalue weighted by Crippen LogP contribution is -2.45. The molecule has 1 saturated heterocycles. The van der Waals surface area contributed by atoms with Gasteiger partial charge in [-0.15, -0.1) is 0 Å². The molecule has 32 heavy (non-hydrogen) atoms. The summed E-state index contributed by atoms with van der Waals surface area (Å²) in [7, 11) is 0. The fourth-order valence-corrected chi connectivity index (χ4v) is 3.82. The third-order valence-electron chi connectivity index (χ3n) is 5.41. The van der Waals surface area contributed by atoms with Crippen molar-refractivity contribution < 1.29 is 23.1 Å². The van der Waals surface area contributed by atoms with Gasteiger partial charge in [0, 0.05) is 19.0 Å². The number of ether oxygens (including phenoxy) is 1. The molecule has 7 heteroatoms. The standard InChI is InChI=1S/C25H30F2N2O3/c1-25(2,3)32-24(31)29-12-10-18(11-13-29)23(30)28-22(19-7-5-9-21(27)16-19)15-17-6-4-8-20(26)14-17/h4-9,14,16,18,22H,10-13,15H2,1-3H3,(H,28,30)/t22-/m0/s1. The number of benzene rings is 2. The van der Waals surface area contributed by atoms with Crippen molar-refractivity contribution in [3.8, 4) is 0 Å². The number of nitrogens with zero attached hydrogens (tertiary/aromatic N) is 1. The van der Waals surface area contributed by atoms with Gasteiger partial charge in [0.05, 0.1) is 6.04 Å². The lowest BCUT2D eigenvalue weighted by Gasteiger charge is -2.33. The molecule has 2 aromatic rings. The van der Waals surface area contributed by atoms with E-state index in [1.54, 1.807) is 29.2 Å². The Kier molecular flexibility index (Phi) is 7.48. The summed E-state index contributed by atoms with van der Waals surface area (Å²) in [6.07, 6.45) is 0.992. The molecule has 1 heterocycles. The van der Waals surface area contributed by atoms with Crippen molar-refractivity contribution in [3.63, 3.8) is 0 Å². The van der Waals surface area contributed by atoms with Crippen LogP contribution in [0.4, 0.5) is 13.6 Å². The van der Waals surface area contributed by atoms with Crippen LogP contribution in [0.15, 0.2) is 48.5 Å². The highest BCUT2D eigenvalue weighted by Crippen LogP contribution is 2.24. The molecule has 0 aromatic heterocycles. The Hall–Kier alpha value is -2.96. The quantitative estimate of drug-likeness (QED) is 0.705. The predicted octanol–water partition coefficient (Wildman–Crippen LogP) is 5.01. The van der Waals surface area contributed by atoms with Gasteiger partial charge in [0.15, 0.2) is 0 Å². The molecule has 3 rings (SSSR count). The molecule has 0 aliphatic carbocycles. The molecule has 1 fully saturated rings. The maximum atomic E-state index is 13.8. The summed E-state index contributed by atoms with van der Waals surface area (Å²) < 4.78 is 32.9. The zero-order valence-corrected chi connectivity index (χ0v) is 18.7. The van der Waals surface area contributed by atoms with E-state index in [1.165, 1.54) is 24.3 Å². The summed E-state index contributed by atoms with van der Waals surface area (Å²) in [5.41, 5.74) is 0.758. The molecule has 2 amide bonds. The largest absolute Gasteiger partial charge is 0.444 e. The molecule has 2 aromatic carbocycles. The minimum Gasteiger partial charge on any atom is -0.444 e. The Morgan fingerprint density at radius 3 is 2.28 bits per heavy atom. The lowest BCUT2D eigenvalue weighted by molar-refractivity contribution is -0.127. The van der Waals surface area contributed by atoms with Crippen LogP contribution in [0.5, 0.6) is 0 Å². The number of piperidine rings is 1. The smallest absolute Gasteiger partial charge is 0.410 e. The molecule has 0 unspecified atom stereocenters. The molecular formula is C25H30F2N2O3. The van der Waals surface area contributed by atoms with E-state index in [0.717, 1.165) is 0 Å². The van der Waals surface area contributed by atoms with E-state index in [9.17, 15) is 18.4 Å². The summed E-state index contributed by atoms with van der Waals surface area (Å²) in [4.78, 5) is 26.9. The average Bonchev–Trinajstić information content (AvgIpc) is 2.72. The van der Waals surface area contributed by atoms with Gasteiger partial charge in [-0.2, -0.15) is 0 Å². The second-order valence-electron chi connectivity index (χ2n) is 9.19. The van der Waals surface area contributed by atoms with Crippen molar-refractivity contribution in [3.05, 3.63) is 71.3 Å². The van der Waals surface area contributed by atoms with E-state index in [0.29, 0.717) is 43.5 Å². The molecule has 1 atom stereocenters. The Labute approximate surface area is 187 Å². The first-order valence-electron chi connectivity index (χ1n) is 10.9. The number of amides is 2. The molecule has 5 nitrogen and oxygen atoms in total. The molecule has 0 bridgehead atoms. The first-order chi connectivity index (χ1) is 15.1. The molecule has 0 spiro atoms. The van der Waals surface area contributed by atoms with E-state index in [-0.39, 0.29) is 23.7 Å². The summed E-state index contributed by atoms with van der Waals surface area (Å²) >= 11 is 0. The van der Waals surface area contributed by atoms with E-state index < -0.39 is 17.5 Å². The molecule has 0 saturated carbocycles. The monoisotopic (exact) mass is 444 g/mol. The van der Waals surface area contributed by atoms with Gasteiger partial charge in [-0.05, 0) is 75.4 Å². The molecule has 1 aliphatic heterocycles. The van der Waals surface area contributed by atoms with Gasteiger partial charge < -0.3 is 15.0 Å². The Morgan fingerprint density at radius 2 is 1.69 bits per heavy atom. The van der Waals surface area contributed by atoms with Crippen molar-refractivity contribution in [2.45, 2.75) is 51.7 Å². The zero-order chi connectivity index (χ0) is 23.3. The van der Waals surface area contributed by atoms with Crippen molar-refractivity contribution in [1.29, 1.82) is 0 Å². The van der Waals surface area contributed by atoms with Crippen molar-refractivity contribution >= 4 is 12.0 Å². The number of carbonyl (C=O) groups is 2. The second-order valence-corrected chi connectivity index (χ2v) is 9.19. The lowest BCUT2D eigenvalue weighted by atomic mass is 9.93. The predicted molar refractivity (Wildman–Crippen MR) is 118 cm³/mol. The first kappa shape index (κ1) is 23.7. The highest BCUT2D eigenvalue weighted by atomic mass is 19.1. The fraction of sp³-hybridized carbons (Fsp3) is 0.440. The average molecular weight is 445 g/mol. The highest BCUT2D eigenvalue weighted by molar-refractivity contribution is 5.79. The number of rotatable bonds is 5. The van der Waals surface area contributed by atoms with Gasteiger partial charge in [-0.25, -0.2) is 13.6 Å². The van der Waals surface area contributed by atoms with Crippen LogP contribution in [0.25, 0.3) is 0 Å². The van der Waals surface area contributed by atoms with Crippen molar-refractivity contribution in [2.75, 3.05) is 13.1 Å². The summed E-state index contributed by atoms with van der Waals surface area (Å²) in [6, 6.07) is 11.7. The zero-order valence-electron chi connectivity index (χ0n) is 18.7. The van der Waals surface area contributed by atoms with Crippen LogP contribution < -0.4 is 5.32 Å². The number of nitrogens with one attached hydrogen (secondary N) is 1. The Bertz CT molecular complexity index is 950. The third kappa shape index (κ3) is 6.77. The van der Waals surface area contributed by atoms with Gasteiger partial charge in [0.2, 0.25) is 5.91 Å². The Balaban J connectivity index is 1.66. The van der Waals surface area contributed by atoms with Crippen LogP contribution in [0.3, 0.4) is 0 Å². The van der Waals surface area contributed by atoms with Gasteiger partial charge in [0.1, 0.15) is 17.2 Å². The third-order valence-corrected chi connectivity index (χ3v) is 5.41. The van der Waals surface area contributed by atoms with Crippen LogP contribution in [0, 0.1) is 17.6 Å². The van der Waals surface area contributed by atoms with Gasteiger partial charge in [-0.3, -0.25) is 4.79 Å². The normalized spacial score (nSPS) is 15.8. The molecule has 1 aliphatic rings. The highest BCUT2D eigenvalue weighted by Gasteiger charge is 2.31. The van der Waals surface area contributed by atoms with Crippen molar-refractivity contribution in [2.24, 2.45) is 5.92 Å². The van der Waals surface area contributed by atoms with Crippen LogP contribution in [0.1, 0.15) is 50.8 Å². The molecule has 1 N–H and O–H groups in total. The number of hydrogen-bond acceptors (Lipinski definition) is 3. The number of hydrogen-bond donors (Lipinski definition) is 1. The second kappa shape index (κ2) is 10.1. The minimum atomic E-state index is -0.569.